The van der Waals surface area contributed by atoms with Crippen molar-refractivity contribution >= 4 is 17.5 Å². The number of nitrogens with one attached hydrogen (secondary N) is 2. The second kappa shape index (κ2) is 8.68. The zero-order valence-electron chi connectivity index (χ0n) is 14.0. The van der Waals surface area contributed by atoms with Crippen LogP contribution in [0.3, 0.4) is 0 Å². The Balaban J connectivity index is 1.88. The lowest BCUT2D eigenvalue weighted by Crippen LogP contribution is -2.28. The number of methoxy groups -OCH3 is 1. The highest BCUT2D eigenvalue weighted by atomic mass is 19.1. The molecule has 0 atom stereocenters. The Morgan fingerprint density at radius 1 is 1.12 bits per heavy atom. The predicted octanol–water partition coefficient (Wildman–Crippen LogP) is 2.49. The molecule has 0 unspecified atom stereocenters. The molecular formula is C18H19FN2O4. The Bertz CT molecular complexity index is 747. The third-order valence-corrected chi connectivity index (χ3v) is 3.25. The summed E-state index contributed by atoms with van der Waals surface area (Å²) in [5.41, 5.74) is 1.32. The lowest BCUT2D eigenvalue weighted by atomic mass is 10.2. The molecule has 2 N–H and O–H groups in total. The molecule has 2 rings (SSSR count). The van der Waals surface area contributed by atoms with Crippen molar-refractivity contribution in [2.24, 2.45) is 0 Å². The van der Waals surface area contributed by atoms with E-state index in [9.17, 15) is 14.0 Å². The average molecular weight is 346 g/mol. The maximum Gasteiger partial charge on any atom is 0.258 e. The minimum absolute atomic E-state index is 0.180. The average Bonchev–Trinajstić information content (AvgIpc) is 2.59. The lowest BCUT2D eigenvalue weighted by Gasteiger charge is -2.12. The number of amides is 2. The van der Waals surface area contributed by atoms with Crippen molar-refractivity contribution in [1.82, 2.24) is 5.32 Å². The highest BCUT2D eigenvalue weighted by Gasteiger charge is 2.08. The summed E-state index contributed by atoms with van der Waals surface area (Å²) in [5.74, 6) is 0.0403. The lowest BCUT2D eigenvalue weighted by molar-refractivity contribution is -0.123. The zero-order chi connectivity index (χ0) is 18.2. The quantitative estimate of drug-likeness (QED) is 0.808. The number of rotatable bonds is 7. The fourth-order valence-corrected chi connectivity index (χ4v) is 2.08. The number of benzene rings is 2. The van der Waals surface area contributed by atoms with Crippen molar-refractivity contribution in [1.29, 1.82) is 0 Å². The van der Waals surface area contributed by atoms with E-state index in [1.807, 2.05) is 0 Å². The Labute approximate surface area is 144 Å². The number of hydrogen-bond donors (Lipinski definition) is 2. The first-order valence-electron chi connectivity index (χ1n) is 7.57. The maximum atomic E-state index is 12.8. The summed E-state index contributed by atoms with van der Waals surface area (Å²) in [7, 11) is 1.51. The molecule has 2 aromatic carbocycles. The number of halogens is 1. The fourth-order valence-electron chi connectivity index (χ4n) is 2.08. The number of carbonyl (C=O) groups is 2. The van der Waals surface area contributed by atoms with Gasteiger partial charge in [0, 0.05) is 13.5 Å². The number of anilines is 1. The normalized spacial score (nSPS) is 10.0. The van der Waals surface area contributed by atoms with Gasteiger partial charge in [-0.25, -0.2) is 4.39 Å². The van der Waals surface area contributed by atoms with Crippen molar-refractivity contribution in [2.45, 2.75) is 13.5 Å². The summed E-state index contributed by atoms with van der Waals surface area (Å²) in [4.78, 5) is 23.1. The van der Waals surface area contributed by atoms with Crippen molar-refractivity contribution in [2.75, 3.05) is 19.0 Å². The summed E-state index contributed by atoms with van der Waals surface area (Å²) in [6, 6.07) is 10.6. The van der Waals surface area contributed by atoms with Crippen molar-refractivity contribution in [3.63, 3.8) is 0 Å². The van der Waals surface area contributed by atoms with E-state index in [4.69, 9.17) is 9.47 Å². The number of ether oxygens (including phenoxy) is 2. The molecule has 0 radical (unpaired) electrons. The summed E-state index contributed by atoms with van der Waals surface area (Å²) >= 11 is 0. The van der Waals surface area contributed by atoms with Crippen LogP contribution in [0, 0.1) is 5.82 Å². The molecule has 2 amide bonds. The molecular weight excluding hydrogens is 327 g/mol. The van der Waals surface area contributed by atoms with Gasteiger partial charge in [0.15, 0.2) is 6.61 Å². The second-order valence-corrected chi connectivity index (χ2v) is 5.24. The Hall–Kier alpha value is -3.09. The molecule has 0 spiro atoms. The van der Waals surface area contributed by atoms with Crippen LogP contribution in [0.15, 0.2) is 42.5 Å². The van der Waals surface area contributed by atoms with E-state index < -0.39 is 0 Å². The summed E-state index contributed by atoms with van der Waals surface area (Å²) < 4.78 is 23.2. The van der Waals surface area contributed by atoms with Crippen LogP contribution in [0.5, 0.6) is 11.5 Å². The molecule has 0 aliphatic rings. The first kappa shape index (κ1) is 18.3. The minimum atomic E-state index is -0.369. The first-order chi connectivity index (χ1) is 12.0. The van der Waals surface area contributed by atoms with Gasteiger partial charge in [-0.2, -0.15) is 0 Å². The van der Waals surface area contributed by atoms with E-state index >= 15 is 0 Å². The smallest absolute Gasteiger partial charge is 0.258 e. The molecule has 132 valence electrons. The van der Waals surface area contributed by atoms with Crippen LogP contribution in [0.4, 0.5) is 10.1 Å². The maximum absolute atomic E-state index is 12.8. The van der Waals surface area contributed by atoms with Gasteiger partial charge in [0.1, 0.15) is 17.3 Å². The van der Waals surface area contributed by atoms with E-state index in [0.29, 0.717) is 17.2 Å². The van der Waals surface area contributed by atoms with Crippen LogP contribution >= 0.6 is 0 Å². The molecule has 2 aromatic rings. The minimum Gasteiger partial charge on any atom is -0.495 e. The highest BCUT2D eigenvalue weighted by molar-refractivity contribution is 5.90. The van der Waals surface area contributed by atoms with Crippen LogP contribution < -0.4 is 20.1 Å². The summed E-state index contributed by atoms with van der Waals surface area (Å²) in [6.45, 7) is 1.49. The monoisotopic (exact) mass is 346 g/mol. The van der Waals surface area contributed by atoms with Gasteiger partial charge in [-0.1, -0.05) is 6.07 Å². The fraction of sp³-hybridized carbons (Fsp3) is 0.222. The second-order valence-electron chi connectivity index (χ2n) is 5.24. The zero-order valence-corrected chi connectivity index (χ0v) is 14.0. The molecule has 0 aliphatic heterocycles. The summed E-state index contributed by atoms with van der Waals surface area (Å²) in [6.07, 6.45) is 0. The van der Waals surface area contributed by atoms with Crippen LogP contribution in [-0.4, -0.2) is 25.5 Å². The van der Waals surface area contributed by atoms with Gasteiger partial charge >= 0.3 is 0 Å². The first-order valence-corrected chi connectivity index (χ1v) is 7.57. The molecule has 0 aliphatic carbocycles. The standard InChI is InChI=1S/C18H19FN2O4/c1-12(22)21-16-9-13(3-8-17(16)24-2)10-20-18(23)11-25-15-6-4-14(19)5-7-15/h3-9H,10-11H2,1-2H3,(H,20,23)(H,21,22). The third kappa shape index (κ3) is 5.80. The molecule has 0 heterocycles. The van der Waals surface area contributed by atoms with Crippen LogP contribution in [0.25, 0.3) is 0 Å². The van der Waals surface area contributed by atoms with Gasteiger partial charge in [-0.15, -0.1) is 0 Å². The molecule has 0 bridgehead atoms. The Kier molecular flexibility index (Phi) is 6.33. The van der Waals surface area contributed by atoms with Crippen LogP contribution in [0.2, 0.25) is 0 Å². The van der Waals surface area contributed by atoms with E-state index in [2.05, 4.69) is 10.6 Å². The predicted molar refractivity (Wildman–Crippen MR) is 91.0 cm³/mol. The van der Waals surface area contributed by atoms with Crippen molar-refractivity contribution in [3.8, 4) is 11.5 Å². The van der Waals surface area contributed by atoms with Crippen LogP contribution in [-0.2, 0) is 16.1 Å². The third-order valence-electron chi connectivity index (χ3n) is 3.25. The van der Waals surface area contributed by atoms with E-state index in [1.54, 1.807) is 18.2 Å². The SMILES string of the molecule is COc1ccc(CNC(=O)COc2ccc(F)cc2)cc1NC(C)=O. The Morgan fingerprint density at radius 3 is 2.48 bits per heavy atom. The van der Waals surface area contributed by atoms with Gasteiger partial charge in [0.05, 0.1) is 12.8 Å². The van der Waals surface area contributed by atoms with Gasteiger partial charge in [0.2, 0.25) is 5.91 Å². The van der Waals surface area contributed by atoms with E-state index in [1.165, 1.54) is 38.3 Å². The van der Waals surface area contributed by atoms with Gasteiger partial charge < -0.3 is 20.1 Å². The molecule has 0 saturated carbocycles. The van der Waals surface area contributed by atoms with Gasteiger partial charge in [-0.05, 0) is 42.0 Å². The van der Waals surface area contributed by atoms with Gasteiger partial charge in [-0.3, -0.25) is 9.59 Å². The van der Waals surface area contributed by atoms with Crippen molar-refractivity contribution in [3.05, 3.63) is 53.8 Å². The van der Waals surface area contributed by atoms with E-state index in [-0.39, 0.29) is 30.8 Å². The Morgan fingerprint density at radius 2 is 1.84 bits per heavy atom. The van der Waals surface area contributed by atoms with Crippen molar-refractivity contribution < 1.29 is 23.5 Å². The number of hydrogen-bond acceptors (Lipinski definition) is 4. The van der Waals surface area contributed by atoms with E-state index in [0.717, 1.165) is 5.56 Å². The molecule has 0 saturated heterocycles. The molecule has 6 nitrogen and oxygen atoms in total. The highest BCUT2D eigenvalue weighted by Crippen LogP contribution is 2.25. The number of carbonyl (C=O) groups excluding carboxylic acids is 2. The molecule has 0 aromatic heterocycles. The molecule has 25 heavy (non-hydrogen) atoms. The molecule has 0 fully saturated rings. The molecule has 7 heteroatoms. The van der Waals surface area contributed by atoms with Crippen LogP contribution in [0.1, 0.15) is 12.5 Å². The topological polar surface area (TPSA) is 76.7 Å². The summed E-state index contributed by atoms with van der Waals surface area (Å²) in [5, 5.41) is 5.38. The largest absolute Gasteiger partial charge is 0.495 e. The van der Waals surface area contributed by atoms with Gasteiger partial charge in [0.25, 0.3) is 5.91 Å².